The molecular weight excluding hydrogens is 262 g/mol. The Morgan fingerprint density at radius 2 is 0.917 bits per heavy atom. The standard InChI is InChI=1S/C10H8.ClH.Pd/c1-2-6-10-8-4-3-7-9(10)5-1;;/h1-8H;1H;/q;;+1/p-1. The maximum absolute atomic E-state index is 4.49. The average molecular weight is 270 g/mol. The molecule has 0 unspecified atom stereocenters. The van der Waals surface area contributed by atoms with Gasteiger partial charge in [-0.2, -0.15) is 0 Å². The Morgan fingerprint density at radius 3 is 1.17 bits per heavy atom. The molecule has 0 spiro atoms. The van der Waals surface area contributed by atoms with Crippen molar-refractivity contribution in [3.8, 4) is 0 Å². The van der Waals surface area contributed by atoms with Gasteiger partial charge in [-0.3, -0.25) is 0 Å². The van der Waals surface area contributed by atoms with E-state index in [0.717, 1.165) is 0 Å². The Balaban J connectivity index is 0.000000336. The van der Waals surface area contributed by atoms with Crippen LogP contribution in [0.25, 0.3) is 10.8 Å². The molecule has 12 heavy (non-hydrogen) atoms. The van der Waals surface area contributed by atoms with Crippen molar-refractivity contribution in [1.29, 1.82) is 0 Å². The SMILES string of the molecule is [Cl][Pd].c1ccc2ccccc2c1. The second-order valence-corrected chi connectivity index (χ2v) is 2.35. The molecule has 2 heteroatoms. The van der Waals surface area contributed by atoms with Gasteiger partial charge < -0.3 is 0 Å². The van der Waals surface area contributed by atoms with Crippen molar-refractivity contribution in [2.24, 2.45) is 0 Å². The van der Waals surface area contributed by atoms with Crippen LogP contribution in [0, 0.1) is 0 Å². The average Bonchev–Trinajstić information content (AvgIpc) is 2.21. The summed E-state index contributed by atoms with van der Waals surface area (Å²) in [7, 11) is 4.49. The van der Waals surface area contributed by atoms with Gasteiger partial charge >= 0.3 is 27.7 Å². The topological polar surface area (TPSA) is 0 Å². The van der Waals surface area contributed by atoms with Gasteiger partial charge in [0.05, 0.1) is 0 Å². The molecule has 65 valence electrons. The molecule has 0 saturated heterocycles. The van der Waals surface area contributed by atoms with E-state index in [0.29, 0.717) is 0 Å². The Kier molecular flexibility index (Phi) is 4.32. The summed E-state index contributed by atoms with van der Waals surface area (Å²) in [6.45, 7) is 0. The van der Waals surface area contributed by atoms with E-state index < -0.39 is 0 Å². The van der Waals surface area contributed by atoms with Crippen LogP contribution in [0.1, 0.15) is 0 Å². The van der Waals surface area contributed by atoms with Crippen LogP contribution in [0.15, 0.2) is 48.5 Å². The van der Waals surface area contributed by atoms with Crippen molar-refractivity contribution in [2.75, 3.05) is 0 Å². The van der Waals surface area contributed by atoms with E-state index in [4.69, 9.17) is 0 Å². The molecular formula is C10H8ClPd. The van der Waals surface area contributed by atoms with Crippen molar-refractivity contribution in [3.05, 3.63) is 48.5 Å². The minimum Gasteiger partial charge on any atom is -0.0616 e. The van der Waals surface area contributed by atoms with Crippen LogP contribution in [0.2, 0.25) is 0 Å². The molecule has 0 fully saturated rings. The van der Waals surface area contributed by atoms with E-state index in [1.54, 1.807) is 0 Å². The van der Waals surface area contributed by atoms with E-state index in [1.807, 2.05) is 0 Å². The summed E-state index contributed by atoms with van der Waals surface area (Å²) in [5, 5.41) is 2.62. The summed E-state index contributed by atoms with van der Waals surface area (Å²) in [6.07, 6.45) is 0. The van der Waals surface area contributed by atoms with Crippen LogP contribution in [0.3, 0.4) is 0 Å². The van der Waals surface area contributed by atoms with Gasteiger partial charge in [-0.25, -0.2) is 0 Å². The molecule has 0 aliphatic carbocycles. The molecule has 0 nitrogen and oxygen atoms in total. The number of hydrogen-bond donors (Lipinski definition) is 0. The van der Waals surface area contributed by atoms with Crippen LogP contribution in [-0.2, 0) is 18.2 Å². The molecule has 0 saturated carbocycles. The molecule has 0 heterocycles. The summed E-state index contributed by atoms with van der Waals surface area (Å²) < 4.78 is 0. The minimum atomic E-state index is 1.31. The Bertz CT molecular complexity index is 281. The van der Waals surface area contributed by atoms with E-state index >= 15 is 0 Å². The van der Waals surface area contributed by atoms with E-state index in [9.17, 15) is 0 Å². The normalized spacial score (nSPS) is 8.92. The second kappa shape index (κ2) is 5.32. The van der Waals surface area contributed by atoms with Crippen LogP contribution >= 0.6 is 9.53 Å². The first-order valence-electron chi connectivity index (χ1n) is 3.52. The van der Waals surface area contributed by atoms with E-state index in [2.05, 4.69) is 76.2 Å². The van der Waals surface area contributed by atoms with Gasteiger partial charge in [0.25, 0.3) is 0 Å². The smallest absolute Gasteiger partial charge is 0.0184 e. The van der Waals surface area contributed by atoms with Gasteiger partial charge in [0, 0.05) is 0 Å². The van der Waals surface area contributed by atoms with Gasteiger partial charge in [0.2, 0.25) is 0 Å². The number of fused-ring (bicyclic) bond motifs is 1. The van der Waals surface area contributed by atoms with Crippen LogP contribution in [0.4, 0.5) is 0 Å². The number of hydrogen-bond acceptors (Lipinski definition) is 0. The van der Waals surface area contributed by atoms with Crippen LogP contribution in [-0.4, -0.2) is 0 Å². The zero-order chi connectivity index (χ0) is 8.81. The molecule has 0 amide bonds. The van der Waals surface area contributed by atoms with Crippen molar-refractivity contribution in [3.63, 3.8) is 0 Å². The van der Waals surface area contributed by atoms with Gasteiger partial charge in [-0.05, 0) is 10.8 Å². The van der Waals surface area contributed by atoms with E-state index in [-0.39, 0.29) is 0 Å². The van der Waals surface area contributed by atoms with Gasteiger partial charge in [0.1, 0.15) is 0 Å². The van der Waals surface area contributed by atoms with Crippen LogP contribution < -0.4 is 0 Å². The monoisotopic (exact) mass is 269 g/mol. The van der Waals surface area contributed by atoms with Gasteiger partial charge in [0.15, 0.2) is 0 Å². The molecule has 2 aromatic carbocycles. The zero-order valence-electron chi connectivity index (χ0n) is 6.31. The summed E-state index contributed by atoms with van der Waals surface area (Å²) >= 11 is 2.22. The Morgan fingerprint density at radius 1 is 0.667 bits per heavy atom. The van der Waals surface area contributed by atoms with E-state index in [1.165, 1.54) is 10.8 Å². The van der Waals surface area contributed by atoms with Gasteiger partial charge in [-0.15, -0.1) is 0 Å². The zero-order valence-corrected chi connectivity index (χ0v) is 8.62. The first kappa shape index (κ1) is 9.74. The van der Waals surface area contributed by atoms with Gasteiger partial charge in [-0.1, -0.05) is 48.5 Å². The number of benzene rings is 2. The molecule has 0 aliphatic rings. The third-order valence-corrected chi connectivity index (χ3v) is 1.66. The first-order valence-corrected chi connectivity index (χ1v) is 5.53. The number of rotatable bonds is 0. The predicted molar refractivity (Wildman–Crippen MR) is 49.8 cm³/mol. The van der Waals surface area contributed by atoms with Crippen molar-refractivity contribution < 1.29 is 18.2 Å². The summed E-state index contributed by atoms with van der Waals surface area (Å²) in [4.78, 5) is 0. The molecule has 0 aromatic heterocycles. The summed E-state index contributed by atoms with van der Waals surface area (Å²) in [5.74, 6) is 0. The molecule has 0 aliphatic heterocycles. The predicted octanol–water partition coefficient (Wildman–Crippen LogP) is 3.53. The summed E-state index contributed by atoms with van der Waals surface area (Å²) in [6, 6.07) is 16.7. The Hall–Kier alpha value is -0.348. The molecule has 0 N–H and O–H groups in total. The fourth-order valence-corrected chi connectivity index (χ4v) is 1.13. The molecule has 0 atom stereocenters. The second-order valence-electron chi connectivity index (χ2n) is 2.35. The third-order valence-electron chi connectivity index (χ3n) is 1.66. The number of halogens is 1. The maximum Gasteiger partial charge on any atom is -0.0184 e. The molecule has 2 rings (SSSR count). The van der Waals surface area contributed by atoms with Crippen molar-refractivity contribution in [1.82, 2.24) is 0 Å². The maximum atomic E-state index is 4.49. The van der Waals surface area contributed by atoms with Crippen LogP contribution in [0.5, 0.6) is 0 Å². The molecule has 0 radical (unpaired) electrons. The molecule has 0 bridgehead atoms. The quantitative estimate of drug-likeness (QED) is 0.642. The van der Waals surface area contributed by atoms with Crippen molar-refractivity contribution >= 4 is 20.3 Å². The minimum absolute atomic E-state index is 1.31. The summed E-state index contributed by atoms with van der Waals surface area (Å²) in [5.41, 5.74) is 0. The first-order chi connectivity index (χ1) is 5.97. The molecule has 2 aromatic rings. The Labute approximate surface area is 86.9 Å². The fraction of sp³-hybridized carbons (Fsp3) is 0. The third kappa shape index (κ3) is 2.32. The van der Waals surface area contributed by atoms with Crippen molar-refractivity contribution in [2.45, 2.75) is 0 Å². The largest absolute Gasteiger partial charge is 0.0616 e. The fourth-order valence-electron chi connectivity index (χ4n) is 1.13.